The first-order valence-corrected chi connectivity index (χ1v) is 5.88. The highest BCUT2D eigenvalue weighted by molar-refractivity contribution is 9.09. The van der Waals surface area contributed by atoms with E-state index in [2.05, 4.69) is 54.0 Å². The standard InChI is InChI=1S/C10H13BrS/c1-10(2,8-11)12-9-6-4-3-5-7-9/h3-7H,8H2,1-2H3. The molecule has 0 unspecified atom stereocenters. The van der Waals surface area contributed by atoms with E-state index in [1.807, 2.05) is 17.8 Å². The van der Waals surface area contributed by atoms with E-state index < -0.39 is 0 Å². The second kappa shape index (κ2) is 4.33. The van der Waals surface area contributed by atoms with E-state index in [1.54, 1.807) is 0 Å². The summed E-state index contributed by atoms with van der Waals surface area (Å²) >= 11 is 5.41. The first kappa shape index (κ1) is 10.1. The van der Waals surface area contributed by atoms with Crippen LogP contribution in [0.1, 0.15) is 13.8 Å². The number of hydrogen-bond acceptors (Lipinski definition) is 1. The van der Waals surface area contributed by atoms with Gasteiger partial charge in [0.1, 0.15) is 0 Å². The van der Waals surface area contributed by atoms with Crippen LogP contribution < -0.4 is 0 Å². The van der Waals surface area contributed by atoms with Crippen LogP contribution in [0, 0.1) is 0 Å². The van der Waals surface area contributed by atoms with Gasteiger partial charge in [-0.1, -0.05) is 34.1 Å². The maximum atomic E-state index is 3.51. The molecule has 0 nitrogen and oxygen atoms in total. The van der Waals surface area contributed by atoms with Crippen LogP contribution in [0.25, 0.3) is 0 Å². The Morgan fingerprint density at radius 3 is 2.33 bits per heavy atom. The number of thioether (sulfide) groups is 1. The van der Waals surface area contributed by atoms with Gasteiger partial charge in [-0.05, 0) is 26.0 Å². The van der Waals surface area contributed by atoms with Gasteiger partial charge in [0.2, 0.25) is 0 Å². The van der Waals surface area contributed by atoms with Crippen molar-refractivity contribution in [1.29, 1.82) is 0 Å². The molecule has 0 heterocycles. The van der Waals surface area contributed by atoms with Crippen molar-refractivity contribution in [3.8, 4) is 0 Å². The van der Waals surface area contributed by atoms with Crippen LogP contribution in [-0.2, 0) is 0 Å². The van der Waals surface area contributed by atoms with Gasteiger partial charge in [-0.2, -0.15) is 0 Å². The van der Waals surface area contributed by atoms with Gasteiger partial charge in [0, 0.05) is 15.0 Å². The minimum Gasteiger partial charge on any atom is -0.119 e. The van der Waals surface area contributed by atoms with Gasteiger partial charge in [-0.3, -0.25) is 0 Å². The maximum Gasteiger partial charge on any atom is 0.0247 e. The Kier molecular flexibility index (Phi) is 3.66. The Balaban J connectivity index is 2.64. The second-order valence-electron chi connectivity index (χ2n) is 3.31. The largest absolute Gasteiger partial charge is 0.119 e. The maximum absolute atomic E-state index is 3.51. The molecule has 0 aliphatic rings. The summed E-state index contributed by atoms with van der Waals surface area (Å²) in [5.41, 5.74) is 0. The summed E-state index contributed by atoms with van der Waals surface area (Å²) in [6.07, 6.45) is 0. The highest BCUT2D eigenvalue weighted by Gasteiger charge is 2.16. The molecule has 12 heavy (non-hydrogen) atoms. The zero-order chi connectivity index (χ0) is 9.03. The lowest BCUT2D eigenvalue weighted by atomic mass is 10.3. The summed E-state index contributed by atoms with van der Waals surface area (Å²) in [5, 5.41) is 1.01. The number of hydrogen-bond donors (Lipinski definition) is 0. The van der Waals surface area contributed by atoms with E-state index in [0.717, 1.165) is 5.33 Å². The molecule has 1 rings (SSSR count). The third kappa shape index (κ3) is 3.20. The minimum atomic E-state index is 0.279. The predicted molar refractivity (Wildman–Crippen MR) is 60.2 cm³/mol. The van der Waals surface area contributed by atoms with E-state index in [9.17, 15) is 0 Å². The third-order valence-corrected chi connectivity index (χ3v) is 4.44. The molecular formula is C10H13BrS. The van der Waals surface area contributed by atoms with E-state index in [0.29, 0.717) is 0 Å². The van der Waals surface area contributed by atoms with Gasteiger partial charge in [-0.15, -0.1) is 11.8 Å². The summed E-state index contributed by atoms with van der Waals surface area (Å²) < 4.78 is 0.279. The number of rotatable bonds is 3. The van der Waals surface area contributed by atoms with Gasteiger partial charge >= 0.3 is 0 Å². The zero-order valence-electron chi connectivity index (χ0n) is 7.38. The summed E-state index contributed by atoms with van der Waals surface area (Å²) in [6.45, 7) is 4.47. The van der Waals surface area contributed by atoms with Crippen LogP contribution in [0.5, 0.6) is 0 Å². The molecule has 0 saturated carbocycles. The van der Waals surface area contributed by atoms with Crippen LogP contribution >= 0.6 is 27.7 Å². The zero-order valence-corrected chi connectivity index (χ0v) is 9.78. The van der Waals surface area contributed by atoms with E-state index >= 15 is 0 Å². The molecule has 0 atom stereocenters. The van der Waals surface area contributed by atoms with Crippen LogP contribution in [0.15, 0.2) is 35.2 Å². The molecule has 0 spiro atoms. The SMILES string of the molecule is CC(C)(CBr)Sc1ccccc1. The molecule has 0 aromatic heterocycles. The average molecular weight is 245 g/mol. The van der Waals surface area contributed by atoms with Crippen LogP contribution in [0.3, 0.4) is 0 Å². The second-order valence-corrected chi connectivity index (χ2v) is 5.65. The highest BCUT2D eigenvalue weighted by Crippen LogP contribution is 2.33. The number of alkyl halides is 1. The Morgan fingerprint density at radius 1 is 1.25 bits per heavy atom. The Labute approximate surface area is 86.9 Å². The molecule has 0 radical (unpaired) electrons. The lowest BCUT2D eigenvalue weighted by Gasteiger charge is -2.20. The van der Waals surface area contributed by atoms with Gasteiger partial charge in [0.25, 0.3) is 0 Å². The van der Waals surface area contributed by atoms with Crippen LogP contribution in [0.2, 0.25) is 0 Å². The van der Waals surface area contributed by atoms with Crippen molar-refractivity contribution in [2.45, 2.75) is 23.5 Å². The molecule has 0 aliphatic heterocycles. The monoisotopic (exact) mass is 244 g/mol. The quantitative estimate of drug-likeness (QED) is 0.574. The number of benzene rings is 1. The van der Waals surface area contributed by atoms with E-state index in [4.69, 9.17) is 0 Å². The van der Waals surface area contributed by atoms with Gasteiger partial charge in [0.05, 0.1) is 0 Å². The van der Waals surface area contributed by atoms with Gasteiger partial charge in [-0.25, -0.2) is 0 Å². The summed E-state index contributed by atoms with van der Waals surface area (Å²) in [4.78, 5) is 1.34. The molecule has 0 bridgehead atoms. The minimum absolute atomic E-state index is 0.279. The molecule has 1 aromatic rings. The van der Waals surface area contributed by atoms with Crippen molar-refractivity contribution >= 4 is 27.7 Å². The van der Waals surface area contributed by atoms with Crippen molar-refractivity contribution in [2.24, 2.45) is 0 Å². The Bertz CT molecular complexity index is 231. The molecule has 0 fully saturated rings. The fourth-order valence-corrected chi connectivity index (χ4v) is 2.16. The molecule has 1 aromatic carbocycles. The Hall–Kier alpha value is 0.0500. The fourth-order valence-electron chi connectivity index (χ4n) is 0.835. The highest BCUT2D eigenvalue weighted by atomic mass is 79.9. The summed E-state index contributed by atoms with van der Waals surface area (Å²) in [6, 6.07) is 10.5. The average Bonchev–Trinajstić information content (AvgIpc) is 2.06. The first-order valence-electron chi connectivity index (χ1n) is 3.94. The molecule has 0 N–H and O–H groups in total. The van der Waals surface area contributed by atoms with Crippen LogP contribution in [0.4, 0.5) is 0 Å². The van der Waals surface area contributed by atoms with Crippen molar-refractivity contribution < 1.29 is 0 Å². The van der Waals surface area contributed by atoms with E-state index in [-0.39, 0.29) is 4.75 Å². The summed E-state index contributed by atoms with van der Waals surface area (Å²) in [7, 11) is 0. The fraction of sp³-hybridized carbons (Fsp3) is 0.400. The molecule has 66 valence electrons. The Morgan fingerprint density at radius 2 is 1.83 bits per heavy atom. The normalized spacial score (nSPS) is 11.6. The number of halogens is 1. The van der Waals surface area contributed by atoms with Crippen LogP contribution in [-0.4, -0.2) is 10.1 Å². The molecule has 0 amide bonds. The lowest BCUT2D eigenvalue weighted by molar-refractivity contribution is 0.822. The molecular weight excluding hydrogens is 232 g/mol. The topological polar surface area (TPSA) is 0 Å². The molecule has 2 heteroatoms. The van der Waals surface area contributed by atoms with Crippen molar-refractivity contribution in [3.63, 3.8) is 0 Å². The smallest absolute Gasteiger partial charge is 0.0247 e. The first-order chi connectivity index (χ1) is 5.64. The third-order valence-electron chi connectivity index (χ3n) is 1.46. The van der Waals surface area contributed by atoms with E-state index in [1.165, 1.54) is 4.90 Å². The van der Waals surface area contributed by atoms with Crippen molar-refractivity contribution in [3.05, 3.63) is 30.3 Å². The lowest BCUT2D eigenvalue weighted by Crippen LogP contribution is -2.15. The van der Waals surface area contributed by atoms with Crippen molar-refractivity contribution in [1.82, 2.24) is 0 Å². The summed E-state index contributed by atoms with van der Waals surface area (Å²) in [5.74, 6) is 0. The van der Waals surface area contributed by atoms with Gasteiger partial charge in [0.15, 0.2) is 0 Å². The van der Waals surface area contributed by atoms with Crippen molar-refractivity contribution in [2.75, 3.05) is 5.33 Å². The van der Waals surface area contributed by atoms with Gasteiger partial charge < -0.3 is 0 Å². The molecule has 0 saturated heterocycles. The predicted octanol–water partition coefficient (Wildman–Crippen LogP) is 3.95. The molecule has 0 aliphatic carbocycles.